The molecule has 14 heavy (non-hydrogen) atoms. The number of hydrogen-bond acceptors (Lipinski definition) is 3. The van der Waals surface area contributed by atoms with Crippen LogP contribution in [0.1, 0.15) is 12.8 Å². The van der Waals surface area contributed by atoms with Gasteiger partial charge in [0, 0.05) is 24.7 Å². The third kappa shape index (κ3) is 4.50. The number of Topliss-reactive ketones (excluding diaryl/α,β-unsaturated/α-hetero) is 1. The molecule has 0 aliphatic carbocycles. The number of ketones is 1. The van der Waals surface area contributed by atoms with Crippen molar-refractivity contribution >= 4 is 18.4 Å². The number of carbonyl (C=O) groups is 3. The van der Waals surface area contributed by atoms with Gasteiger partial charge in [0.15, 0.2) is 0 Å². The first kappa shape index (κ1) is 12.5. The lowest BCUT2D eigenvalue weighted by Gasteiger charge is -2.05. The average molecular weight is 194 g/mol. The lowest BCUT2D eigenvalue weighted by Crippen LogP contribution is -2.12. The van der Waals surface area contributed by atoms with E-state index in [1.807, 2.05) is 0 Å². The number of carbonyl (C=O) groups excluding carboxylic acids is 3. The Morgan fingerprint density at radius 3 is 1.57 bits per heavy atom. The molecular weight excluding hydrogens is 180 g/mol. The van der Waals surface area contributed by atoms with Crippen LogP contribution in [-0.2, 0) is 14.4 Å². The van der Waals surface area contributed by atoms with Gasteiger partial charge in [0.05, 0.1) is 0 Å². The second kappa shape index (κ2) is 6.95. The molecule has 3 heteroatoms. The van der Waals surface area contributed by atoms with E-state index < -0.39 is 11.8 Å². The van der Waals surface area contributed by atoms with Gasteiger partial charge in [-0.1, -0.05) is 12.2 Å². The van der Waals surface area contributed by atoms with Gasteiger partial charge in [-0.25, -0.2) is 0 Å². The van der Waals surface area contributed by atoms with Gasteiger partial charge in [0.1, 0.15) is 18.4 Å². The van der Waals surface area contributed by atoms with Gasteiger partial charge in [-0.2, -0.15) is 0 Å². The molecule has 0 aliphatic rings. The molecule has 0 fully saturated rings. The second-order valence-electron chi connectivity index (χ2n) is 3.02. The molecule has 0 radical (unpaired) electrons. The molecule has 0 saturated heterocycles. The summed E-state index contributed by atoms with van der Waals surface area (Å²) in [4.78, 5) is 32.1. The van der Waals surface area contributed by atoms with E-state index in [-0.39, 0.29) is 18.6 Å². The summed E-state index contributed by atoms with van der Waals surface area (Å²) in [6.45, 7) is 6.86. The Hall–Kier alpha value is -1.51. The third-order valence-corrected chi connectivity index (χ3v) is 1.88. The second-order valence-corrected chi connectivity index (χ2v) is 3.02. The normalized spacial score (nSPS) is 13.7. The van der Waals surface area contributed by atoms with E-state index in [1.165, 1.54) is 12.2 Å². The molecule has 0 aliphatic heterocycles. The predicted molar refractivity (Wildman–Crippen MR) is 53.7 cm³/mol. The van der Waals surface area contributed by atoms with Crippen LogP contribution in [0.2, 0.25) is 0 Å². The highest BCUT2D eigenvalue weighted by Gasteiger charge is 2.13. The number of rotatable bonds is 8. The predicted octanol–water partition coefficient (Wildman–Crippen LogP) is 1.34. The van der Waals surface area contributed by atoms with E-state index in [9.17, 15) is 14.4 Å². The zero-order chi connectivity index (χ0) is 11.0. The molecule has 0 spiro atoms. The van der Waals surface area contributed by atoms with Crippen molar-refractivity contribution in [3.05, 3.63) is 25.3 Å². The van der Waals surface area contributed by atoms with E-state index >= 15 is 0 Å². The molecule has 2 unspecified atom stereocenters. The van der Waals surface area contributed by atoms with Crippen molar-refractivity contribution in [2.24, 2.45) is 11.8 Å². The minimum atomic E-state index is -0.445. The van der Waals surface area contributed by atoms with Crippen molar-refractivity contribution in [1.82, 2.24) is 0 Å². The van der Waals surface area contributed by atoms with Crippen molar-refractivity contribution in [1.29, 1.82) is 0 Å². The molecule has 0 N–H and O–H groups in total. The molecule has 76 valence electrons. The number of aldehydes is 2. The fraction of sp³-hybridized carbons (Fsp3) is 0.364. The lowest BCUT2D eigenvalue weighted by molar-refractivity contribution is -0.124. The summed E-state index contributed by atoms with van der Waals surface area (Å²) in [5, 5.41) is 0. The van der Waals surface area contributed by atoms with E-state index in [0.717, 1.165) is 0 Å². The fourth-order valence-corrected chi connectivity index (χ4v) is 0.983. The van der Waals surface area contributed by atoms with E-state index in [1.54, 1.807) is 0 Å². The maximum atomic E-state index is 11.3. The van der Waals surface area contributed by atoms with Crippen LogP contribution in [0.5, 0.6) is 0 Å². The first-order valence-electron chi connectivity index (χ1n) is 4.35. The number of allylic oxidation sites excluding steroid dienone is 2. The number of hydrogen-bond donors (Lipinski definition) is 0. The van der Waals surface area contributed by atoms with Crippen molar-refractivity contribution in [3.8, 4) is 0 Å². The Balaban J connectivity index is 4.07. The lowest BCUT2D eigenvalue weighted by atomic mass is 9.97. The van der Waals surface area contributed by atoms with Crippen LogP contribution < -0.4 is 0 Å². The molecule has 3 nitrogen and oxygen atoms in total. The molecule has 2 atom stereocenters. The zero-order valence-electron chi connectivity index (χ0n) is 8.02. The Kier molecular flexibility index (Phi) is 6.20. The van der Waals surface area contributed by atoms with Gasteiger partial charge in [0.25, 0.3) is 0 Å². The van der Waals surface area contributed by atoms with E-state index in [0.29, 0.717) is 12.6 Å². The van der Waals surface area contributed by atoms with Crippen LogP contribution >= 0.6 is 0 Å². The van der Waals surface area contributed by atoms with Gasteiger partial charge in [-0.15, -0.1) is 13.2 Å². The molecule has 0 heterocycles. The van der Waals surface area contributed by atoms with Crippen LogP contribution in [0.4, 0.5) is 0 Å². The van der Waals surface area contributed by atoms with Crippen LogP contribution in [0.15, 0.2) is 25.3 Å². The molecule has 0 aromatic rings. The molecule has 0 rings (SSSR count). The standard InChI is InChI=1S/C11H14O3/c1-3-9(7-12)5-11(14)6-10(4-2)8-13/h3-4,7-10H,1-2,5-6H2. The Morgan fingerprint density at radius 1 is 1.00 bits per heavy atom. The highest BCUT2D eigenvalue weighted by Crippen LogP contribution is 2.08. The topological polar surface area (TPSA) is 51.2 Å². The first-order chi connectivity index (χ1) is 6.67. The molecular formula is C11H14O3. The van der Waals surface area contributed by atoms with Gasteiger partial charge < -0.3 is 9.59 Å². The Morgan fingerprint density at radius 2 is 1.36 bits per heavy atom. The summed E-state index contributed by atoms with van der Waals surface area (Å²) in [5.74, 6) is -1.02. The highest BCUT2D eigenvalue weighted by molar-refractivity contribution is 5.84. The monoisotopic (exact) mass is 194 g/mol. The maximum absolute atomic E-state index is 11.3. The van der Waals surface area contributed by atoms with Gasteiger partial charge in [-0.05, 0) is 0 Å². The largest absolute Gasteiger partial charge is 0.303 e. The highest BCUT2D eigenvalue weighted by atomic mass is 16.1. The first-order valence-corrected chi connectivity index (χ1v) is 4.35. The summed E-state index contributed by atoms with van der Waals surface area (Å²) in [5.41, 5.74) is 0. The SMILES string of the molecule is C=CC(C=O)CC(=O)CC(C=C)C=O. The molecule has 0 bridgehead atoms. The van der Waals surface area contributed by atoms with Gasteiger partial charge >= 0.3 is 0 Å². The van der Waals surface area contributed by atoms with Crippen LogP contribution in [-0.4, -0.2) is 18.4 Å². The minimum absolute atomic E-state index is 0.116. The Bertz CT molecular complexity index is 203. The van der Waals surface area contributed by atoms with Crippen molar-refractivity contribution < 1.29 is 14.4 Å². The molecule has 0 aromatic heterocycles. The molecule has 0 saturated carbocycles. The van der Waals surface area contributed by atoms with Crippen LogP contribution in [0.25, 0.3) is 0 Å². The third-order valence-electron chi connectivity index (χ3n) is 1.88. The quantitative estimate of drug-likeness (QED) is 0.432. The van der Waals surface area contributed by atoms with Crippen molar-refractivity contribution in [2.45, 2.75) is 12.8 Å². The zero-order valence-corrected chi connectivity index (χ0v) is 8.02. The van der Waals surface area contributed by atoms with Crippen molar-refractivity contribution in [2.75, 3.05) is 0 Å². The molecule has 0 aromatic carbocycles. The van der Waals surface area contributed by atoms with Gasteiger partial charge in [-0.3, -0.25) is 4.79 Å². The maximum Gasteiger partial charge on any atom is 0.134 e. The Labute approximate surface area is 83.5 Å². The molecule has 0 amide bonds. The summed E-state index contributed by atoms with van der Waals surface area (Å²) in [6.07, 6.45) is 4.43. The average Bonchev–Trinajstić information content (AvgIpc) is 2.22. The summed E-state index contributed by atoms with van der Waals surface area (Å²) in [7, 11) is 0. The van der Waals surface area contributed by atoms with E-state index in [2.05, 4.69) is 13.2 Å². The van der Waals surface area contributed by atoms with Crippen molar-refractivity contribution in [3.63, 3.8) is 0 Å². The summed E-state index contributed by atoms with van der Waals surface area (Å²) < 4.78 is 0. The minimum Gasteiger partial charge on any atom is -0.303 e. The smallest absolute Gasteiger partial charge is 0.134 e. The van der Waals surface area contributed by atoms with E-state index in [4.69, 9.17) is 0 Å². The fourth-order valence-electron chi connectivity index (χ4n) is 0.983. The summed E-state index contributed by atoms with van der Waals surface area (Å²) in [6, 6.07) is 0. The van der Waals surface area contributed by atoms with Crippen LogP contribution in [0.3, 0.4) is 0 Å². The van der Waals surface area contributed by atoms with Crippen LogP contribution in [0, 0.1) is 11.8 Å². The van der Waals surface area contributed by atoms with Gasteiger partial charge in [0.2, 0.25) is 0 Å². The summed E-state index contributed by atoms with van der Waals surface area (Å²) >= 11 is 0.